The van der Waals surface area contributed by atoms with E-state index in [1.807, 2.05) is 24.3 Å². The number of para-hydroxylation sites is 2. The summed E-state index contributed by atoms with van der Waals surface area (Å²) in [5.74, 6) is 0.884. The number of hydrogen-bond donors (Lipinski definition) is 1. The number of benzene rings is 2. The van der Waals surface area contributed by atoms with Gasteiger partial charge in [-0.05, 0) is 42.0 Å². The quantitative estimate of drug-likeness (QED) is 0.823. The molecule has 1 amide bonds. The number of methoxy groups -OCH3 is 1. The van der Waals surface area contributed by atoms with Crippen molar-refractivity contribution >= 4 is 11.6 Å². The van der Waals surface area contributed by atoms with Crippen LogP contribution in [0.4, 0.5) is 5.69 Å². The highest BCUT2D eigenvalue weighted by Gasteiger charge is 2.11. The summed E-state index contributed by atoms with van der Waals surface area (Å²) in [7, 11) is 1.66. The maximum absolute atomic E-state index is 12.4. The monoisotopic (exact) mass is 311 g/mol. The minimum atomic E-state index is 0.0477. The first-order valence-corrected chi connectivity index (χ1v) is 8.22. The highest BCUT2D eigenvalue weighted by atomic mass is 16.5. The second kappa shape index (κ2) is 8.37. The highest BCUT2D eigenvalue weighted by Crippen LogP contribution is 2.23. The molecule has 0 unspecified atom stereocenters. The van der Waals surface area contributed by atoms with Crippen LogP contribution in [0.5, 0.6) is 5.75 Å². The number of nitrogens with one attached hydrogen (secondary N) is 1. The van der Waals surface area contributed by atoms with Crippen molar-refractivity contribution < 1.29 is 9.53 Å². The Morgan fingerprint density at radius 2 is 1.57 bits per heavy atom. The van der Waals surface area contributed by atoms with Crippen molar-refractivity contribution in [3.63, 3.8) is 0 Å². The zero-order valence-corrected chi connectivity index (χ0v) is 14.2. The van der Waals surface area contributed by atoms with Gasteiger partial charge in [0.2, 0.25) is 5.91 Å². The minimum Gasteiger partial charge on any atom is -0.496 e. The molecule has 0 radical (unpaired) electrons. The Bertz CT molecular complexity index is 642. The van der Waals surface area contributed by atoms with Crippen LogP contribution < -0.4 is 10.1 Å². The fourth-order valence-electron chi connectivity index (χ4n) is 2.76. The van der Waals surface area contributed by atoms with Gasteiger partial charge in [-0.15, -0.1) is 0 Å². The van der Waals surface area contributed by atoms with E-state index in [2.05, 4.69) is 37.4 Å². The van der Waals surface area contributed by atoms with Crippen LogP contribution in [0.1, 0.15) is 37.0 Å². The molecule has 0 heterocycles. The van der Waals surface area contributed by atoms with Gasteiger partial charge in [0.15, 0.2) is 0 Å². The van der Waals surface area contributed by atoms with Crippen LogP contribution in [0.3, 0.4) is 0 Å². The van der Waals surface area contributed by atoms with Gasteiger partial charge in [-0.3, -0.25) is 4.79 Å². The average Bonchev–Trinajstić information content (AvgIpc) is 2.60. The molecule has 2 aromatic carbocycles. The zero-order valence-electron chi connectivity index (χ0n) is 14.2. The van der Waals surface area contributed by atoms with E-state index in [9.17, 15) is 4.79 Å². The molecule has 0 bridgehead atoms. The van der Waals surface area contributed by atoms with Gasteiger partial charge in [-0.25, -0.2) is 0 Å². The molecule has 0 saturated heterocycles. The van der Waals surface area contributed by atoms with Crippen LogP contribution in [-0.4, -0.2) is 13.0 Å². The van der Waals surface area contributed by atoms with Gasteiger partial charge in [0.1, 0.15) is 5.75 Å². The molecular formula is C20H25NO2. The zero-order chi connectivity index (χ0) is 16.7. The number of amides is 1. The molecule has 3 nitrogen and oxygen atoms in total. The first kappa shape index (κ1) is 17.1. The van der Waals surface area contributed by atoms with E-state index in [-0.39, 0.29) is 5.91 Å². The van der Waals surface area contributed by atoms with Crippen LogP contribution >= 0.6 is 0 Å². The fourth-order valence-corrected chi connectivity index (χ4v) is 2.76. The summed E-state index contributed by atoms with van der Waals surface area (Å²) in [4.78, 5) is 12.4. The molecule has 0 aliphatic heterocycles. The molecule has 122 valence electrons. The number of carbonyl (C=O) groups is 1. The smallest absolute Gasteiger partial charge is 0.224 e. The fraction of sp³-hybridized carbons (Fsp3) is 0.350. The molecule has 0 spiro atoms. The maximum atomic E-state index is 12.4. The minimum absolute atomic E-state index is 0.0477. The summed E-state index contributed by atoms with van der Waals surface area (Å²) in [5.41, 5.74) is 4.43. The molecule has 0 fully saturated rings. The Morgan fingerprint density at radius 1 is 0.957 bits per heavy atom. The summed E-state index contributed by atoms with van der Waals surface area (Å²) in [6, 6.07) is 14.1. The van der Waals surface area contributed by atoms with Crippen LogP contribution in [0.15, 0.2) is 42.5 Å². The van der Waals surface area contributed by atoms with Crippen LogP contribution in [0, 0.1) is 0 Å². The van der Waals surface area contributed by atoms with Crippen LogP contribution in [0.25, 0.3) is 0 Å². The average molecular weight is 311 g/mol. The van der Waals surface area contributed by atoms with E-state index in [1.54, 1.807) is 7.11 Å². The van der Waals surface area contributed by atoms with Gasteiger partial charge in [-0.2, -0.15) is 0 Å². The van der Waals surface area contributed by atoms with Crippen molar-refractivity contribution in [1.29, 1.82) is 0 Å². The summed E-state index contributed by atoms with van der Waals surface area (Å²) >= 11 is 0. The standard InChI is InChI=1S/C20H25NO2/c1-4-15-10-8-11-16(5-2)20(15)21-19(22)14-13-17-9-6-7-12-18(17)23-3/h6-12H,4-5,13-14H2,1-3H3,(H,21,22). The van der Waals surface area contributed by atoms with Gasteiger partial charge >= 0.3 is 0 Å². The van der Waals surface area contributed by atoms with Crippen LogP contribution in [0.2, 0.25) is 0 Å². The summed E-state index contributed by atoms with van der Waals surface area (Å²) in [5, 5.41) is 3.11. The second-order valence-corrected chi connectivity index (χ2v) is 5.52. The van der Waals surface area contributed by atoms with E-state index in [1.165, 1.54) is 11.1 Å². The van der Waals surface area contributed by atoms with Crippen molar-refractivity contribution in [2.24, 2.45) is 0 Å². The van der Waals surface area contributed by atoms with E-state index in [4.69, 9.17) is 4.74 Å². The van der Waals surface area contributed by atoms with E-state index in [0.29, 0.717) is 12.8 Å². The number of aryl methyl sites for hydroxylation is 3. The molecule has 0 aliphatic carbocycles. The Labute approximate surface area is 138 Å². The predicted octanol–water partition coefficient (Wildman–Crippen LogP) is 4.39. The third-order valence-corrected chi connectivity index (χ3v) is 4.08. The number of rotatable bonds is 7. The van der Waals surface area contributed by atoms with Crippen molar-refractivity contribution in [3.8, 4) is 5.75 Å². The number of ether oxygens (including phenoxy) is 1. The predicted molar refractivity (Wildman–Crippen MR) is 95.1 cm³/mol. The Balaban J connectivity index is 2.06. The lowest BCUT2D eigenvalue weighted by Gasteiger charge is -2.14. The molecular weight excluding hydrogens is 286 g/mol. The summed E-state index contributed by atoms with van der Waals surface area (Å²) in [6.45, 7) is 4.22. The van der Waals surface area contributed by atoms with Crippen molar-refractivity contribution in [2.75, 3.05) is 12.4 Å². The van der Waals surface area contributed by atoms with Gasteiger partial charge < -0.3 is 10.1 Å². The lowest BCUT2D eigenvalue weighted by molar-refractivity contribution is -0.116. The molecule has 23 heavy (non-hydrogen) atoms. The Morgan fingerprint density at radius 3 is 2.17 bits per heavy atom. The second-order valence-electron chi connectivity index (χ2n) is 5.52. The SMILES string of the molecule is CCc1cccc(CC)c1NC(=O)CCc1ccccc1OC. The third kappa shape index (κ3) is 4.35. The van der Waals surface area contributed by atoms with E-state index >= 15 is 0 Å². The molecule has 0 saturated carbocycles. The van der Waals surface area contributed by atoms with Gasteiger partial charge in [0.25, 0.3) is 0 Å². The molecule has 2 rings (SSSR count). The number of anilines is 1. The molecule has 0 aliphatic rings. The first-order chi connectivity index (χ1) is 11.2. The number of carbonyl (C=O) groups excluding carboxylic acids is 1. The maximum Gasteiger partial charge on any atom is 0.224 e. The molecule has 0 atom stereocenters. The largest absolute Gasteiger partial charge is 0.496 e. The summed E-state index contributed by atoms with van der Waals surface area (Å²) in [6.07, 6.45) is 2.94. The van der Waals surface area contributed by atoms with E-state index < -0.39 is 0 Å². The van der Waals surface area contributed by atoms with E-state index in [0.717, 1.165) is 29.8 Å². The van der Waals surface area contributed by atoms with Gasteiger partial charge in [0.05, 0.1) is 7.11 Å². The molecule has 1 N–H and O–H groups in total. The van der Waals surface area contributed by atoms with Crippen molar-refractivity contribution in [3.05, 3.63) is 59.2 Å². The lowest BCUT2D eigenvalue weighted by atomic mass is 10.0. The Hall–Kier alpha value is -2.29. The van der Waals surface area contributed by atoms with Crippen molar-refractivity contribution in [2.45, 2.75) is 39.5 Å². The first-order valence-electron chi connectivity index (χ1n) is 8.22. The van der Waals surface area contributed by atoms with Crippen molar-refractivity contribution in [1.82, 2.24) is 0 Å². The molecule has 0 aromatic heterocycles. The van der Waals surface area contributed by atoms with Gasteiger partial charge in [-0.1, -0.05) is 50.2 Å². The molecule has 3 heteroatoms. The topological polar surface area (TPSA) is 38.3 Å². The van der Waals surface area contributed by atoms with Crippen LogP contribution in [-0.2, 0) is 24.1 Å². The Kier molecular flexibility index (Phi) is 6.21. The van der Waals surface area contributed by atoms with Gasteiger partial charge in [0, 0.05) is 12.1 Å². The highest BCUT2D eigenvalue weighted by molar-refractivity contribution is 5.92. The normalized spacial score (nSPS) is 10.4. The summed E-state index contributed by atoms with van der Waals surface area (Å²) < 4.78 is 5.34. The number of hydrogen-bond acceptors (Lipinski definition) is 2. The third-order valence-electron chi connectivity index (χ3n) is 4.08. The lowest BCUT2D eigenvalue weighted by Crippen LogP contribution is -2.15. The molecule has 2 aromatic rings.